The lowest BCUT2D eigenvalue weighted by molar-refractivity contribution is 0.122. The van der Waals surface area contributed by atoms with Gasteiger partial charge in [-0.05, 0) is 85.1 Å². The molecule has 3 aromatic rings. The Balaban J connectivity index is 1.56. The van der Waals surface area contributed by atoms with Gasteiger partial charge in [-0.1, -0.05) is 6.07 Å². The van der Waals surface area contributed by atoms with Gasteiger partial charge in [0.2, 0.25) is 0 Å². The Morgan fingerprint density at radius 2 is 1.75 bits per heavy atom. The van der Waals surface area contributed by atoms with Crippen molar-refractivity contribution in [3.8, 4) is 0 Å². The maximum atomic E-state index is 5.88. The molecule has 2 aliphatic heterocycles. The van der Waals surface area contributed by atoms with Gasteiger partial charge in [-0.15, -0.1) is 0 Å². The van der Waals surface area contributed by atoms with Crippen molar-refractivity contribution < 1.29 is 4.74 Å². The first-order chi connectivity index (χ1) is 15.5. The third-order valence-electron chi connectivity index (χ3n) is 6.24. The monoisotopic (exact) mass is 559 g/mol. The number of ether oxygens (including phenoxy) is 1. The molecule has 2 saturated heterocycles. The highest BCUT2D eigenvalue weighted by Gasteiger charge is 2.43. The molecule has 0 unspecified atom stereocenters. The van der Waals surface area contributed by atoms with Gasteiger partial charge in [-0.2, -0.15) is 0 Å². The smallest absolute Gasteiger partial charge is 0.174 e. The summed E-state index contributed by atoms with van der Waals surface area (Å²) in [7, 11) is 0. The molecule has 166 valence electrons. The zero-order chi connectivity index (χ0) is 22.2. The van der Waals surface area contributed by atoms with E-state index >= 15 is 0 Å². The maximum Gasteiger partial charge on any atom is 0.174 e. The van der Waals surface area contributed by atoms with E-state index in [1.165, 1.54) is 26.2 Å². The SMILES string of the molecule is Cc1[nH]c(C)c([C@H]2[C@H](c3ccccn3)NC(=S)N2c2ccc(N3CCOCC3)cc2)c1I. The molecular weight excluding hydrogens is 533 g/mol. The number of pyridine rings is 1. The lowest BCUT2D eigenvalue weighted by Crippen LogP contribution is -2.36. The second-order valence-electron chi connectivity index (χ2n) is 8.22. The van der Waals surface area contributed by atoms with Crippen molar-refractivity contribution in [2.45, 2.75) is 25.9 Å². The van der Waals surface area contributed by atoms with Crippen LogP contribution in [0.15, 0.2) is 48.7 Å². The molecule has 0 radical (unpaired) electrons. The maximum absolute atomic E-state index is 5.88. The highest BCUT2D eigenvalue weighted by atomic mass is 127. The Bertz CT molecular complexity index is 1110. The molecule has 2 aromatic heterocycles. The number of aryl methyl sites for hydroxylation is 2. The number of hydrogen-bond acceptors (Lipinski definition) is 4. The minimum atomic E-state index is -0.0370. The van der Waals surface area contributed by atoms with Crippen molar-refractivity contribution in [1.29, 1.82) is 0 Å². The van der Waals surface area contributed by atoms with Gasteiger partial charge in [0.1, 0.15) is 0 Å². The average Bonchev–Trinajstić information content (AvgIpc) is 3.29. The number of hydrogen-bond donors (Lipinski definition) is 2. The van der Waals surface area contributed by atoms with Gasteiger partial charge in [0.25, 0.3) is 0 Å². The predicted octanol–water partition coefficient (Wildman–Crippen LogP) is 4.64. The summed E-state index contributed by atoms with van der Waals surface area (Å²) in [5.74, 6) is 0. The number of nitrogens with zero attached hydrogens (tertiary/aromatic N) is 3. The number of aromatic nitrogens is 2. The van der Waals surface area contributed by atoms with Crippen molar-refractivity contribution in [2.75, 3.05) is 36.1 Å². The van der Waals surface area contributed by atoms with Crippen LogP contribution in [0.5, 0.6) is 0 Å². The first-order valence-electron chi connectivity index (χ1n) is 10.8. The van der Waals surface area contributed by atoms with Gasteiger partial charge >= 0.3 is 0 Å². The van der Waals surface area contributed by atoms with E-state index in [0.29, 0.717) is 0 Å². The second kappa shape index (κ2) is 8.99. The van der Waals surface area contributed by atoms with Crippen LogP contribution in [0.1, 0.15) is 34.7 Å². The number of rotatable bonds is 4. The van der Waals surface area contributed by atoms with E-state index in [9.17, 15) is 0 Å². The van der Waals surface area contributed by atoms with E-state index in [1.807, 2.05) is 18.3 Å². The number of thiocarbonyl (C=S) groups is 1. The third-order valence-corrected chi connectivity index (χ3v) is 7.95. The van der Waals surface area contributed by atoms with Crippen molar-refractivity contribution in [3.63, 3.8) is 0 Å². The van der Waals surface area contributed by atoms with Crippen LogP contribution in [0.3, 0.4) is 0 Å². The standard InChI is InChI=1S/C24H26IN5OS/c1-15-20(21(25)16(2)27-15)23-22(19-5-3-4-10-26-19)28-24(32)30(23)18-8-6-17(7-9-18)29-11-13-31-14-12-29/h3-10,22-23,27H,11-14H2,1-2H3,(H,28,32)/t22-,23-/m0/s1. The van der Waals surface area contributed by atoms with Crippen LogP contribution in [-0.4, -0.2) is 41.4 Å². The largest absolute Gasteiger partial charge is 0.378 e. The van der Waals surface area contributed by atoms with Crippen LogP contribution in [0.25, 0.3) is 0 Å². The zero-order valence-corrected chi connectivity index (χ0v) is 21.1. The van der Waals surface area contributed by atoms with Crippen LogP contribution < -0.4 is 15.1 Å². The first kappa shape index (κ1) is 21.7. The molecule has 0 aliphatic carbocycles. The van der Waals surface area contributed by atoms with E-state index in [-0.39, 0.29) is 12.1 Å². The van der Waals surface area contributed by atoms with E-state index in [0.717, 1.165) is 42.8 Å². The molecule has 5 rings (SSSR count). The summed E-state index contributed by atoms with van der Waals surface area (Å²) in [6.07, 6.45) is 1.84. The Labute approximate surface area is 207 Å². The summed E-state index contributed by atoms with van der Waals surface area (Å²) >= 11 is 8.32. The van der Waals surface area contributed by atoms with Crippen LogP contribution in [0, 0.1) is 17.4 Å². The predicted molar refractivity (Wildman–Crippen MR) is 140 cm³/mol. The minimum Gasteiger partial charge on any atom is -0.378 e. The summed E-state index contributed by atoms with van der Waals surface area (Å²) < 4.78 is 6.74. The minimum absolute atomic E-state index is 0.00323. The molecule has 2 N–H and O–H groups in total. The molecule has 8 heteroatoms. The number of aromatic amines is 1. The molecule has 6 nitrogen and oxygen atoms in total. The van der Waals surface area contributed by atoms with Gasteiger partial charge in [0.05, 0.1) is 31.0 Å². The van der Waals surface area contributed by atoms with Crippen molar-refractivity contribution >= 4 is 51.3 Å². The van der Waals surface area contributed by atoms with E-state index in [1.54, 1.807) is 0 Å². The number of benzene rings is 1. The molecule has 4 heterocycles. The molecule has 0 saturated carbocycles. The molecule has 2 aliphatic rings. The Hall–Kier alpha value is -2.17. The third kappa shape index (κ3) is 3.88. The zero-order valence-electron chi connectivity index (χ0n) is 18.1. The van der Waals surface area contributed by atoms with Gasteiger partial charge in [-0.25, -0.2) is 0 Å². The number of anilines is 2. The van der Waals surface area contributed by atoms with Crippen LogP contribution >= 0.6 is 34.8 Å². The average molecular weight is 559 g/mol. The lowest BCUT2D eigenvalue weighted by atomic mass is 9.96. The van der Waals surface area contributed by atoms with Crippen molar-refractivity contribution in [1.82, 2.24) is 15.3 Å². The Morgan fingerprint density at radius 1 is 1.03 bits per heavy atom. The number of morpholine rings is 1. The Morgan fingerprint density at radius 3 is 2.38 bits per heavy atom. The van der Waals surface area contributed by atoms with Crippen LogP contribution in [-0.2, 0) is 4.74 Å². The molecule has 0 spiro atoms. The first-order valence-corrected chi connectivity index (χ1v) is 12.3. The summed E-state index contributed by atoms with van der Waals surface area (Å²) in [4.78, 5) is 12.8. The summed E-state index contributed by atoms with van der Waals surface area (Å²) in [5.41, 5.74) is 6.90. The molecule has 32 heavy (non-hydrogen) atoms. The molecule has 2 atom stereocenters. The summed E-state index contributed by atoms with van der Waals surface area (Å²) in [5, 5.41) is 4.28. The van der Waals surface area contributed by atoms with Crippen LogP contribution in [0.2, 0.25) is 0 Å². The normalized spacial score (nSPS) is 21.2. The van der Waals surface area contributed by atoms with Gasteiger partial charge < -0.3 is 24.8 Å². The van der Waals surface area contributed by atoms with Crippen LogP contribution in [0.4, 0.5) is 11.4 Å². The van der Waals surface area contributed by atoms with Gasteiger partial charge in [0, 0.05) is 51.2 Å². The lowest BCUT2D eigenvalue weighted by Gasteiger charge is -2.31. The van der Waals surface area contributed by atoms with Gasteiger partial charge in [0.15, 0.2) is 5.11 Å². The second-order valence-corrected chi connectivity index (χ2v) is 9.68. The molecule has 0 bridgehead atoms. The van der Waals surface area contributed by atoms with Gasteiger partial charge in [-0.3, -0.25) is 4.98 Å². The topological polar surface area (TPSA) is 56.4 Å². The quantitative estimate of drug-likeness (QED) is 0.359. The van der Waals surface area contributed by atoms with Crippen molar-refractivity contribution in [3.05, 3.63) is 74.9 Å². The molecule has 1 aromatic carbocycles. The van der Waals surface area contributed by atoms with E-state index in [4.69, 9.17) is 17.0 Å². The van der Waals surface area contributed by atoms with Crippen molar-refractivity contribution in [2.24, 2.45) is 0 Å². The number of nitrogens with one attached hydrogen (secondary N) is 2. The fourth-order valence-corrected chi connectivity index (χ4v) is 5.90. The summed E-state index contributed by atoms with van der Waals surface area (Å²) in [6.45, 7) is 7.67. The highest BCUT2D eigenvalue weighted by molar-refractivity contribution is 14.1. The Kier molecular flexibility index (Phi) is 6.09. The number of H-pyrrole nitrogens is 1. The molecule has 0 amide bonds. The molecule has 2 fully saturated rings. The fraction of sp³-hybridized carbons (Fsp3) is 0.333. The highest BCUT2D eigenvalue weighted by Crippen LogP contribution is 2.44. The molecular formula is C24H26IN5OS. The van der Waals surface area contributed by atoms with E-state index < -0.39 is 0 Å². The number of halogens is 1. The fourth-order valence-electron chi connectivity index (χ4n) is 4.69. The van der Waals surface area contributed by atoms with E-state index in [2.05, 4.69) is 91.9 Å². The summed E-state index contributed by atoms with van der Waals surface area (Å²) in [6, 6.07) is 14.7.